The van der Waals surface area contributed by atoms with Crippen molar-refractivity contribution < 1.29 is 12.9 Å². The van der Waals surface area contributed by atoms with Crippen molar-refractivity contribution in [3.05, 3.63) is 12.2 Å². The van der Waals surface area contributed by atoms with Gasteiger partial charge in [-0.3, -0.25) is 0 Å². The third-order valence-corrected chi connectivity index (χ3v) is 1.51. The highest BCUT2D eigenvalue weighted by molar-refractivity contribution is 6.60. The summed E-state index contributed by atoms with van der Waals surface area (Å²) in [5, 5.41) is 2.38. The normalized spacial score (nSPS) is 26.9. The summed E-state index contributed by atoms with van der Waals surface area (Å²) in [5.74, 6) is -1.27. The van der Waals surface area contributed by atoms with Gasteiger partial charge in [0.15, 0.2) is 0 Å². The average molecular weight is 150 g/mol. The highest BCUT2D eigenvalue weighted by Gasteiger charge is 2.33. The van der Waals surface area contributed by atoms with Crippen LogP contribution < -0.4 is 5.32 Å². The average Bonchev–Trinajstić information content (AvgIpc) is 1.88. The first-order valence-corrected chi connectivity index (χ1v) is 3.19. The number of rotatable bonds is 1. The van der Waals surface area contributed by atoms with Crippen LogP contribution in [0.3, 0.4) is 0 Å². The SMILES string of the molecule is F[B-](F)(F)C1CC=CCN1. The zero-order valence-corrected chi connectivity index (χ0v) is 5.36. The topological polar surface area (TPSA) is 12.0 Å². The highest BCUT2D eigenvalue weighted by atomic mass is 19.4. The molecule has 1 heterocycles. The molecule has 0 aliphatic carbocycles. The first kappa shape index (κ1) is 7.66. The predicted octanol–water partition coefficient (Wildman–Crippen LogP) is 1.29. The van der Waals surface area contributed by atoms with Gasteiger partial charge in [0.2, 0.25) is 0 Å². The standard InChI is InChI=1S/C5H8BF3N/c7-6(8,9)5-3-1-2-4-10-5/h1-2,5,10H,3-4H2/q-1. The Hall–Kier alpha value is -0.445. The van der Waals surface area contributed by atoms with Gasteiger partial charge in [0.25, 0.3) is 0 Å². The van der Waals surface area contributed by atoms with Crippen LogP contribution in [0.15, 0.2) is 12.2 Å². The van der Waals surface area contributed by atoms with Crippen molar-refractivity contribution in [1.29, 1.82) is 0 Å². The monoisotopic (exact) mass is 150 g/mol. The Balaban J connectivity index is 2.49. The Morgan fingerprint density at radius 3 is 2.30 bits per heavy atom. The quantitative estimate of drug-likeness (QED) is 0.438. The number of hydrogen-bond acceptors (Lipinski definition) is 1. The zero-order valence-electron chi connectivity index (χ0n) is 5.36. The van der Waals surface area contributed by atoms with E-state index in [2.05, 4.69) is 5.32 Å². The van der Waals surface area contributed by atoms with Gasteiger partial charge in [0.1, 0.15) is 0 Å². The maximum absolute atomic E-state index is 11.9. The maximum Gasteiger partial charge on any atom is 0.495 e. The largest absolute Gasteiger partial charge is 0.495 e. The molecule has 58 valence electrons. The van der Waals surface area contributed by atoms with Crippen LogP contribution >= 0.6 is 0 Å². The molecule has 0 amide bonds. The van der Waals surface area contributed by atoms with Crippen LogP contribution in [0.4, 0.5) is 12.9 Å². The second-order valence-corrected chi connectivity index (χ2v) is 2.35. The van der Waals surface area contributed by atoms with Crippen molar-refractivity contribution in [1.82, 2.24) is 5.32 Å². The molecule has 1 aliphatic rings. The van der Waals surface area contributed by atoms with E-state index in [-0.39, 0.29) is 6.42 Å². The molecule has 0 radical (unpaired) electrons. The van der Waals surface area contributed by atoms with E-state index in [0.717, 1.165) is 0 Å². The first-order valence-electron chi connectivity index (χ1n) is 3.19. The molecule has 0 saturated carbocycles. The summed E-state index contributed by atoms with van der Waals surface area (Å²) in [6, 6.07) is 0. The highest BCUT2D eigenvalue weighted by Crippen LogP contribution is 2.18. The molecule has 0 aromatic carbocycles. The van der Waals surface area contributed by atoms with Gasteiger partial charge in [0.05, 0.1) is 0 Å². The van der Waals surface area contributed by atoms with Crippen molar-refractivity contribution in [2.75, 3.05) is 6.54 Å². The molecule has 1 aliphatic heterocycles. The summed E-state index contributed by atoms with van der Waals surface area (Å²) in [5.41, 5.74) is 0. The van der Waals surface area contributed by atoms with E-state index < -0.39 is 12.9 Å². The minimum atomic E-state index is -4.69. The molecule has 0 saturated heterocycles. The van der Waals surface area contributed by atoms with Crippen LogP contribution in [-0.4, -0.2) is 19.5 Å². The van der Waals surface area contributed by atoms with Crippen molar-refractivity contribution in [2.24, 2.45) is 0 Å². The lowest BCUT2D eigenvalue weighted by molar-refractivity contribution is 0.408. The van der Waals surface area contributed by atoms with Crippen molar-refractivity contribution >= 4 is 6.98 Å². The molecule has 5 heteroatoms. The summed E-state index contributed by atoms with van der Waals surface area (Å²) in [4.78, 5) is 0. The van der Waals surface area contributed by atoms with Crippen molar-refractivity contribution in [2.45, 2.75) is 12.4 Å². The number of nitrogens with one attached hydrogen (secondary N) is 1. The fourth-order valence-corrected chi connectivity index (χ4v) is 0.917. The fourth-order valence-electron chi connectivity index (χ4n) is 0.917. The van der Waals surface area contributed by atoms with E-state index in [1.165, 1.54) is 0 Å². The molecule has 1 unspecified atom stereocenters. The molecule has 10 heavy (non-hydrogen) atoms. The fraction of sp³-hybridized carbons (Fsp3) is 0.600. The van der Waals surface area contributed by atoms with Crippen LogP contribution in [0.2, 0.25) is 0 Å². The summed E-state index contributed by atoms with van der Waals surface area (Å²) in [7, 11) is 0. The molecule has 0 fully saturated rings. The third kappa shape index (κ3) is 1.77. The molecule has 0 spiro atoms. The molecule has 0 aromatic heterocycles. The number of halogens is 3. The lowest BCUT2D eigenvalue weighted by atomic mass is 9.76. The third-order valence-electron chi connectivity index (χ3n) is 1.51. The van der Waals surface area contributed by atoms with Crippen molar-refractivity contribution in [3.63, 3.8) is 0 Å². The van der Waals surface area contributed by atoms with Crippen molar-refractivity contribution in [3.8, 4) is 0 Å². The molecule has 1 rings (SSSR count). The summed E-state index contributed by atoms with van der Waals surface area (Å²) >= 11 is 0. The lowest BCUT2D eigenvalue weighted by Crippen LogP contribution is -2.47. The second-order valence-electron chi connectivity index (χ2n) is 2.35. The van der Waals surface area contributed by atoms with Crippen LogP contribution in [-0.2, 0) is 0 Å². The summed E-state index contributed by atoms with van der Waals surface area (Å²) in [6.07, 6.45) is 3.36. The van der Waals surface area contributed by atoms with Crippen LogP contribution in [0.1, 0.15) is 6.42 Å². The van der Waals surface area contributed by atoms with E-state index in [0.29, 0.717) is 6.54 Å². The second kappa shape index (κ2) is 2.66. The van der Waals surface area contributed by atoms with Gasteiger partial charge in [-0.05, 0) is 12.4 Å². The lowest BCUT2D eigenvalue weighted by Gasteiger charge is -2.28. The Bertz CT molecular complexity index is 142. The molecule has 0 bridgehead atoms. The minimum absolute atomic E-state index is 0.0868. The smallest absolute Gasteiger partial charge is 0.448 e. The summed E-state index contributed by atoms with van der Waals surface area (Å²) in [6.45, 7) is -4.35. The molecule has 1 atom stereocenters. The first-order chi connectivity index (χ1) is 4.61. The van der Waals surface area contributed by atoms with Gasteiger partial charge in [-0.1, -0.05) is 12.2 Å². The molecule has 1 N–H and O–H groups in total. The molecule has 1 nitrogen and oxygen atoms in total. The minimum Gasteiger partial charge on any atom is -0.448 e. The molecule has 0 aromatic rings. The Labute approximate surface area is 57.4 Å². The van der Waals surface area contributed by atoms with Crippen LogP contribution in [0.25, 0.3) is 0 Å². The number of hydrogen-bond donors (Lipinski definition) is 1. The Morgan fingerprint density at radius 1 is 1.30 bits per heavy atom. The predicted molar refractivity (Wildman–Crippen MR) is 34.6 cm³/mol. The Morgan fingerprint density at radius 2 is 2.00 bits per heavy atom. The van der Waals surface area contributed by atoms with Crippen LogP contribution in [0.5, 0.6) is 0 Å². The Kier molecular flexibility index (Phi) is 2.04. The van der Waals surface area contributed by atoms with E-state index in [1.54, 1.807) is 12.2 Å². The van der Waals surface area contributed by atoms with Gasteiger partial charge in [-0.15, -0.1) is 0 Å². The van der Waals surface area contributed by atoms with Gasteiger partial charge in [-0.2, -0.15) is 0 Å². The van der Waals surface area contributed by atoms with Crippen LogP contribution in [0, 0.1) is 0 Å². The summed E-state index contributed by atoms with van der Waals surface area (Å²) < 4.78 is 35.7. The van der Waals surface area contributed by atoms with Gasteiger partial charge >= 0.3 is 6.98 Å². The van der Waals surface area contributed by atoms with E-state index in [9.17, 15) is 12.9 Å². The van der Waals surface area contributed by atoms with Gasteiger partial charge in [0, 0.05) is 6.54 Å². The van der Waals surface area contributed by atoms with E-state index in [1.807, 2.05) is 0 Å². The van der Waals surface area contributed by atoms with E-state index in [4.69, 9.17) is 0 Å². The maximum atomic E-state index is 11.9. The van der Waals surface area contributed by atoms with E-state index >= 15 is 0 Å². The van der Waals surface area contributed by atoms with Gasteiger partial charge < -0.3 is 18.3 Å². The molecular formula is C5H8BF3N-. The molecular weight excluding hydrogens is 142 g/mol. The van der Waals surface area contributed by atoms with Gasteiger partial charge in [-0.25, -0.2) is 0 Å². The zero-order chi connectivity index (χ0) is 7.61.